The van der Waals surface area contributed by atoms with Crippen LogP contribution in [0.15, 0.2) is 60.7 Å². The second kappa shape index (κ2) is 15.2. The molecule has 0 saturated heterocycles. The largest absolute Gasteiger partial charge is 1.00 e. The van der Waals surface area contributed by atoms with Gasteiger partial charge >= 0.3 is 42.4 Å². The number of benzene rings is 2. The fourth-order valence-corrected chi connectivity index (χ4v) is 7.36. The maximum atomic E-state index is 2.37. The lowest BCUT2D eigenvalue weighted by Crippen LogP contribution is -3.67. The van der Waals surface area contributed by atoms with Crippen molar-refractivity contribution in [2.45, 2.75) is 61.2 Å². The van der Waals surface area contributed by atoms with Crippen molar-refractivity contribution < 1.29 is 90.4 Å². The summed E-state index contributed by atoms with van der Waals surface area (Å²) in [7, 11) is 0. The Morgan fingerprint density at radius 3 is 1.08 bits per heavy atom. The van der Waals surface area contributed by atoms with Crippen LogP contribution in [-0.4, -0.2) is 6.84 Å². The van der Waals surface area contributed by atoms with Crippen LogP contribution in [0.4, 0.5) is 0 Å². The van der Waals surface area contributed by atoms with Crippen molar-refractivity contribution in [3.05, 3.63) is 67.8 Å². The lowest BCUT2D eigenvalue weighted by molar-refractivity contribution is -0.696. The predicted octanol–water partition coefficient (Wildman–Crippen LogP) is -5.72. The zero-order valence-electron chi connectivity index (χ0n) is 16.7. The van der Waals surface area contributed by atoms with Gasteiger partial charge in [0.05, 0.1) is 0 Å². The molecule has 0 nitrogen and oxygen atoms in total. The average molecular weight is 804 g/mol. The third-order valence-corrected chi connectivity index (χ3v) is 11.0. The molecular formula is C22H32I4. The highest BCUT2D eigenvalue weighted by atomic mass is 127. The molecule has 0 saturated carbocycles. The standard InChI is InChI=1S/2C11H16I.2HI/c2*1-4-11(2,3)12-10-8-6-5-7-9-10;;/h2*5-9H,4H2,1-3H3;2*1H/q2*+1;;/p-2. The minimum absolute atomic E-state index is 0. The number of hydrogen-bond donors (Lipinski definition) is 0. The first-order valence-electron chi connectivity index (χ1n) is 8.70. The van der Waals surface area contributed by atoms with E-state index in [-0.39, 0.29) is 90.4 Å². The van der Waals surface area contributed by atoms with Crippen LogP contribution in [0.25, 0.3) is 0 Å². The number of hydrogen-bond acceptors (Lipinski definition) is 0. The summed E-state index contributed by atoms with van der Waals surface area (Å²) in [5.74, 6) is 0. The topological polar surface area (TPSA) is 0 Å². The van der Waals surface area contributed by atoms with Crippen LogP contribution >= 0.6 is 0 Å². The molecule has 0 aliphatic heterocycles. The molecule has 4 heteroatoms. The van der Waals surface area contributed by atoms with Crippen molar-refractivity contribution in [1.29, 1.82) is 0 Å². The summed E-state index contributed by atoms with van der Waals surface area (Å²) in [5, 5.41) is 0. The SMILES string of the molecule is CCC(C)(C)[I+]c1ccccc1.CCC(C)(C)[I+]c1ccccc1.[I-].[I-]. The van der Waals surface area contributed by atoms with Gasteiger partial charge in [0.2, 0.25) is 0 Å². The zero-order valence-corrected chi connectivity index (χ0v) is 25.3. The van der Waals surface area contributed by atoms with Crippen molar-refractivity contribution in [3.63, 3.8) is 0 Å². The second-order valence-electron chi connectivity index (χ2n) is 6.92. The molecule has 0 amide bonds. The van der Waals surface area contributed by atoms with Gasteiger partial charge in [0.25, 0.3) is 0 Å². The molecule has 0 spiro atoms. The highest BCUT2D eigenvalue weighted by Crippen LogP contribution is 1.97. The molecule has 0 aliphatic rings. The van der Waals surface area contributed by atoms with E-state index >= 15 is 0 Å². The molecule has 0 heterocycles. The average Bonchev–Trinajstić information content (AvgIpc) is 2.57. The van der Waals surface area contributed by atoms with Gasteiger partial charge < -0.3 is 48.0 Å². The molecule has 0 N–H and O–H groups in total. The Kier molecular flexibility index (Phi) is 17.3. The summed E-state index contributed by atoms with van der Waals surface area (Å²) >= 11 is 0.361. The quantitative estimate of drug-likeness (QED) is 0.202. The lowest BCUT2D eigenvalue weighted by Gasteiger charge is -2.06. The second-order valence-corrected chi connectivity index (χ2v) is 16.3. The molecule has 0 aromatic heterocycles. The predicted molar refractivity (Wildman–Crippen MR) is 99.0 cm³/mol. The number of rotatable bonds is 6. The first-order chi connectivity index (χ1) is 11.3. The molecule has 0 fully saturated rings. The monoisotopic (exact) mass is 804 g/mol. The van der Waals surface area contributed by atoms with Gasteiger partial charge in [0, 0.05) is 0 Å². The Morgan fingerprint density at radius 1 is 0.577 bits per heavy atom. The fourth-order valence-electron chi connectivity index (χ4n) is 1.68. The van der Waals surface area contributed by atoms with Gasteiger partial charge in [-0.25, -0.2) is 0 Å². The van der Waals surface area contributed by atoms with E-state index in [4.69, 9.17) is 0 Å². The van der Waals surface area contributed by atoms with Crippen molar-refractivity contribution in [2.24, 2.45) is 0 Å². The van der Waals surface area contributed by atoms with Crippen LogP contribution in [0, 0.1) is 7.14 Å². The molecule has 0 atom stereocenters. The molecule has 2 aromatic carbocycles. The van der Waals surface area contributed by atoms with Gasteiger partial charge in [0.1, 0.15) is 0 Å². The summed E-state index contributed by atoms with van der Waals surface area (Å²) in [5.41, 5.74) is 0. The van der Waals surface area contributed by atoms with Gasteiger partial charge in [-0.2, -0.15) is 0 Å². The van der Waals surface area contributed by atoms with Gasteiger partial charge in [-0.05, 0) is 64.8 Å². The fraction of sp³-hybridized carbons (Fsp3) is 0.455. The molecule has 0 bridgehead atoms. The van der Waals surface area contributed by atoms with Crippen molar-refractivity contribution >= 4 is 0 Å². The molecule has 2 aromatic rings. The Hall–Kier alpha value is 1.36. The minimum atomic E-state index is 0. The Labute approximate surface area is 216 Å². The van der Waals surface area contributed by atoms with E-state index < -0.39 is 0 Å². The third-order valence-electron chi connectivity index (χ3n) is 3.88. The van der Waals surface area contributed by atoms with Gasteiger partial charge in [0.15, 0.2) is 14.0 Å². The normalized spacial score (nSPS) is 10.7. The summed E-state index contributed by atoms with van der Waals surface area (Å²) in [4.78, 5) is 0. The summed E-state index contributed by atoms with van der Waals surface area (Å²) in [6, 6.07) is 21.8. The number of alkyl halides is 2. The number of halogens is 4. The summed E-state index contributed by atoms with van der Waals surface area (Å²) in [6.45, 7) is 14.0. The zero-order chi connectivity index (χ0) is 18.1. The molecule has 0 aliphatic carbocycles. The van der Waals surface area contributed by atoms with Crippen molar-refractivity contribution in [1.82, 2.24) is 0 Å². The van der Waals surface area contributed by atoms with Crippen LogP contribution < -0.4 is 90.4 Å². The van der Waals surface area contributed by atoms with E-state index in [2.05, 4.69) is 102 Å². The first-order valence-corrected chi connectivity index (χ1v) is 13.0. The van der Waals surface area contributed by atoms with Crippen LogP contribution in [-0.2, 0) is 0 Å². The molecular weight excluding hydrogens is 772 g/mol. The van der Waals surface area contributed by atoms with Gasteiger partial charge in [-0.1, -0.05) is 50.2 Å². The van der Waals surface area contributed by atoms with E-state index in [0.29, 0.717) is 6.84 Å². The Balaban J connectivity index is 0. The Bertz CT molecular complexity index is 512. The first kappa shape index (κ1) is 29.6. The van der Waals surface area contributed by atoms with Crippen LogP contribution in [0.3, 0.4) is 0 Å². The van der Waals surface area contributed by atoms with E-state index in [1.165, 1.54) is 12.8 Å². The highest BCUT2D eigenvalue weighted by molar-refractivity contribution is 5.00. The van der Waals surface area contributed by atoms with Crippen LogP contribution in [0.1, 0.15) is 54.4 Å². The van der Waals surface area contributed by atoms with Crippen molar-refractivity contribution in [2.75, 3.05) is 0 Å². The summed E-state index contributed by atoms with van der Waals surface area (Å²) < 4.78 is 4.23. The Morgan fingerprint density at radius 2 is 0.846 bits per heavy atom. The smallest absolute Gasteiger partial charge is 0.319 e. The van der Waals surface area contributed by atoms with E-state index in [9.17, 15) is 0 Å². The van der Waals surface area contributed by atoms with Crippen LogP contribution in [0.2, 0.25) is 0 Å². The molecule has 0 unspecified atom stereocenters. The molecule has 2 rings (SSSR count). The van der Waals surface area contributed by atoms with Gasteiger partial charge in [-0.15, -0.1) is 0 Å². The molecule has 0 radical (unpaired) electrons. The maximum absolute atomic E-state index is 2.37. The maximum Gasteiger partial charge on any atom is 0.319 e. The van der Waals surface area contributed by atoms with Crippen LogP contribution in [0.5, 0.6) is 0 Å². The molecule has 26 heavy (non-hydrogen) atoms. The van der Waals surface area contributed by atoms with E-state index in [1.807, 2.05) is 0 Å². The highest BCUT2D eigenvalue weighted by Gasteiger charge is 2.33. The lowest BCUT2D eigenvalue weighted by atomic mass is 10.2. The third kappa shape index (κ3) is 13.5. The van der Waals surface area contributed by atoms with Gasteiger partial charge in [-0.3, -0.25) is 0 Å². The van der Waals surface area contributed by atoms with E-state index in [1.54, 1.807) is 7.14 Å². The van der Waals surface area contributed by atoms with Crippen molar-refractivity contribution in [3.8, 4) is 0 Å². The molecule has 148 valence electrons. The van der Waals surface area contributed by atoms with E-state index in [0.717, 1.165) is 0 Å². The minimum Gasteiger partial charge on any atom is -1.00 e. The summed E-state index contributed by atoms with van der Waals surface area (Å²) in [6.07, 6.45) is 2.57.